The number of piperidine rings is 1. The van der Waals surface area contributed by atoms with Gasteiger partial charge in [-0.1, -0.05) is 0 Å². The van der Waals surface area contributed by atoms with Crippen molar-refractivity contribution in [3.63, 3.8) is 0 Å². The summed E-state index contributed by atoms with van der Waals surface area (Å²) >= 11 is 1.51. The van der Waals surface area contributed by atoms with Crippen LogP contribution in [0.15, 0.2) is 24.5 Å². The van der Waals surface area contributed by atoms with Crippen molar-refractivity contribution in [3.8, 4) is 10.6 Å². The molecule has 0 bridgehead atoms. The van der Waals surface area contributed by atoms with Crippen LogP contribution in [0.2, 0.25) is 0 Å². The number of aryl methyl sites for hydroxylation is 1. The molecule has 0 radical (unpaired) electrons. The average Bonchev–Trinajstić information content (AvgIpc) is 3.22. The summed E-state index contributed by atoms with van der Waals surface area (Å²) in [5, 5.41) is 1.99. The number of hydrogen-bond acceptors (Lipinski definition) is 4. The summed E-state index contributed by atoms with van der Waals surface area (Å²) in [7, 11) is 0. The van der Waals surface area contributed by atoms with E-state index in [-0.39, 0.29) is 5.91 Å². The molecule has 0 spiro atoms. The van der Waals surface area contributed by atoms with E-state index in [1.54, 1.807) is 0 Å². The van der Waals surface area contributed by atoms with Crippen LogP contribution in [0.25, 0.3) is 21.6 Å². The van der Waals surface area contributed by atoms with Gasteiger partial charge in [0.1, 0.15) is 15.5 Å². The molecule has 0 unspecified atom stereocenters. The van der Waals surface area contributed by atoms with E-state index in [0.717, 1.165) is 51.6 Å². The number of amides is 1. The largest absolute Gasteiger partial charge is 0.335 e. The smallest absolute Gasteiger partial charge is 0.266 e. The summed E-state index contributed by atoms with van der Waals surface area (Å²) < 4.78 is 2.18. The van der Waals surface area contributed by atoms with E-state index < -0.39 is 0 Å². The fourth-order valence-corrected chi connectivity index (χ4v) is 4.93. The molecule has 1 atom stereocenters. The maximum absolute atomic E-state index is 13.1. The van der Waals surface area contributed by atoms with Crippen LogP contribution >= 0.6 is 11.3 Å². The molecule has 1 aliphatic rings. The van der Waals surface area contributed by atoms with Gasteiger partial charge in [0, 0.05) is 42.0 Å². The Kier molecular flexibility index (Phi) is 4.76. The van der Waals surface area contributed by atoms with Gasteiger partial charge in [0.15, 0.2) is 0 Å². The molecule has 4 heterocycles. The molecular weight excluding hydrogens is 356 g/mol. The van der Waals surface area contributed by atoms with E-state index in [0.29, 0.717) is 12.1 Å². The van der Waals surface area contributed by atoms with Crippen molar-refractivity contribution in [1.29, 1.82) is 0 Å². The maximum atomic E-state index is 13.1. The van der Waals surface area contributed by atoms with Crippen molar-refractivity contribution in [3.05, 3.63) is 35.1 Å². The number of carbonyl (C=O) groups excluding carboxylic acids is 1. The SMILES string of the molecule is Cc1nc(-c2cn(C(C)C)c3ncccc23)sc1C(=O)N1CCCC[C@@H]1C. The van der Waals surface area contributed by atoms with Gasteiger partial charge >= 0.3 is 0 Å². The quantitative estimate of drug-likeness (QED) is 0.636. The lowest BCUT2D eigenvalue weighted by Gasteiger charge is -2.33. The summed E-state index contributed by atoms with van der Waals surface area (Å²) in [4.78, 5) is 25.3. The predicted octanol–water partition coefficient (Wildman–Crippen LogP) is 5.06. The highest BCUT2D eigenvalue weighted by Gasteiger charge is 2.28. The van der Waals surface area contributed by atoms with Crippen molar-refractivity contribution in [2.24, 2.45) is 0 Å². The highest BCUT2D eigenvalue weighted by Crippen LogP contribution is 2.36. The molecule has 4 rings (SSSR count). The minimum atomic E-state index is 0.133. The molecule has 1 amide bonds. The van der Waals surface area contributed by atoms with Crippen molar-refractivity contribution in [1.82, 2.24) is 19.4 Å². The first-order valence-corrected chi connectivity index (χ1v) is 10.5. The molecule has 142 valence electrons. The molecule has 0 N–H and O–H groups in total. The number of carbonyl (C=O) groups is 1. The average molecular weight is 383 g/mol. The number of likely N-dealkylation sites (tertiary alicyclic amines) is 1. The Balaban J connectivity index is 1.76. The van der Waals surface area contributed by atoms with Gasteiger partial charge < -0.3 is 9.47 Å². The number of rotatable bonds is 3. The summed E-state index contributed by atoms with van der Waals surface area (Å²) in [6, 6.07) is 4.66. The number of aromatic nitrogens is 3. The molecule has 5 nitrogen and oxygen atoms in total. The van der Waals surface area contributed by atoms with Gasteiger partial charge in [-0.2, -0.15) is 0 Å². The lowest BCUT2D eigenvalue weighted by molar-refractivity contribution is 0.0639. The Hall–Kier alpha value is -2.21. The van der Waals surface area contributed by atoms with E-state index in [4.69, 9.17) is 4.98 Å². The van der Waals surface area contributed by atoms with Crippen molar-refractivity contribution in [2.45, 2.75) is 59.0 Å². The number of thiazole rings is 1. The van der Waals surface area contributed by atoms with Gasteiger partial charge in [0.25, 0.3) is 5.91 Å². The fourth-order valence-electron chi connectivity index (χ4n) is 3.89. The van der Waals surface area contributed by atoms with Crippen LogP contribution in [-0.2, 0) is 0 Å². The van der Waals surface area contributed by atoms with Crippen molar-refractivity contribution < 1.29 is 4.79 Å². The number of fused-ring (bicyclic) bond motifs is 1. The zero-order valence-electron chi connectivity index (χ0n) is 16.4. The molecule has 1 aliphatic heterocycles. The molecule has 0 aromatic carbocycles. The van der Waals surface area contributed by atoms with E-state index in [2.05, 4.69) is 42.6 Å². The Morgan fingerprint density at radius 1 is 1.33 bits per heavy atom. The Morgan fingerprint density at radius 3 is 2.89 bits per heavy atom. The minimum Gasteiger partial charge on any atom is -0.335 e. The Morgan fingerprint density at radius 2 is 2.15 bits per heavy atom. The first-order valence-electron chi connectivity index (χ1n) is 9.71. The lowest BCUT2D eigenvalue weighted by atomic mass is 10.0. The molecular formula is C21H26N4OS. The van der Waals surface area contributed by atoms with Crippen LogP contribution in [0.3, 0.4) is 0 Å². The second-order valence-electron chi connectivity index (χ2n) is 7.70. The fraction of sp³-hybridized carbons (Fsp3) is 0.476. The van der Waals surface area contributed by atoms with Gasteiger partial charge in [-0.15, -0.1) is 11.3 Å². The van der Waals surface area contributed by atoms with Crippen LogP contribution in [0.1, 0.15) is 61.4 Å². The summed E-state index contributed by atoms with van der Waals surface area (Å²) in [6.07, 6.45) is 7.33. The standard InChI is InChI=1S/C21H26N4OS/c1-13(2)25-12-17(16-9-7-10-22-19(16)25)20-23-15(4)18(27-20)21(26)24-11-6-5-8-14(24)3/h7,9-10,12-14H,5-6,8,11H2,1-4H3/t14-/m0/s1. The molecule has 27 heavy (non-hydrogen) atoms. The summed E-state index contributed by atoms with van der Waals surface area (Å²) in [5.41, 5.74) is 2.85. The Bertz CT molecular complexity index is 987. The van der Waals surface area contributed by atoms with E-state index >= 15 is 0 Å². The molecule has 1 saturated heterocycles. The third kappa shape index (κ3) is 3.16. The molecule has 0 saturated carbocycles. The zero-order chi connectivity index (χ0) is 19.1. The van der Waals surface area contributed by atoms with E-state index in [1.165, 1.54) is 17.8 Å². The summed E-state index contributed by atoms with van der Waals surface area (Å²) in [6.45, 7) is 9.25. The van der Waals surface area contributed by atoms with Crippen LogP contribution in [0, 0.1) is 6.92 Å². The third-order valence-corrected chi connectivity index (χ3v) is 6.61. The second kappa shape index (κ2) is 7.08. The molecule has 0 aliphatic carbocycles. The third-order valence-electron chi connectivity index (χ3n) is 5.43. The van der Waals surface area contributed by atoms with Gasteiger partial charge in [-0.05, 0) is 59.1 Å². The van der Waals surface area contributed by atoms with Gasteiger partial charge in [-0.3, -0.25) is 4.79 Å². The summed E-state index contributed by atoms with van der Waals surface area (Å²) in [5.74, 6) is 0.133. The highest BCUT2D eigenvalue weighted by molar-refractivity contribution is 7.17. The van der Waals surface area contributed by atoms with E-state index in [9.17, 15) is 4.79 Å². The first-order chi connectivity index (χ1) is 13.0. The van der Waals surface area contributed by atoms with Crippen molar-refractivity contribution in [2.75, 3.05) is 6.54 Å². The second-order valence-corrected chi connectivity index (χ2v) is 8.69. The van der Waals surface area contributed by atoms with E-state index in [1.807, 2.05) is 24.1 Å². The number of pyridine rings is 1. The first kappa shape index (κ1) is 18.2. The predicted molar refractivity (Wildman–Crippen MR) is 110 cm³/mol. The minimum absolute atomic E-state index is 0.133. The normalized spacial score (nSPS) is 17.8. The van der Waals surface area contributed by atoms with Crippen LogP contribution in [0.5, 0.6) is 0 Å². The highest BCUT2D eigenvalue weighted by atomic mass is 32.1. The van der Waals surface area contributed by atoms with Crippen LogP contribution in [0.4, 0.5) is 0 Å². The number of hydrogen-bond donors (Lipinski definition) is 0. The monoisotopic (exact) mass is 382 g/mol. The lowest BCUT2D eigenvalue weighted by Crippen LogP contribution is -2.41. The molecule has 6 heteroatoms. The van der Waals surface area contributed by atoms with Crippen LogP contribution in [-0.4, -0.2) is 37.9 Å². The zero-order valence-corrected chi connectivity index (χ0v) is 17.2. The molecule has 3 aromatic heterocycles. The van der Waals surface area contributed by atoms with Crippen molar-refractivity contribution >= 4 is 28.3 Å². The van der Waals surface area contributed by atoms with Gasteiger partial charge in [0.2, 0.25) is 0 Å². The maximum Gasteiger partial charge on any atom is 0.266 e. The van der Waals surface area contributed by atoms with Gasteiger partial charge in [-0.25, -0.2) is 9.97 Å². The molecule has 3 aromatic rings. The van der Waals surface area contributed by atoms with Crippen LogP contribution < -0.4 is 0 Å². The molecule has 1 fully saturated rings. The Labute approximate surface area is 164 Å². The van der Waals surface area contributed by atoms with Gasteiger partial charge in [0.05, 0.1) is 5.69 Å². The number of nitrogens with zero attached hydrogens (tertiary/aromatic N) is 4. The topological polar surface area (TPSA) is 51.0 Å².